The maximum atomic E-state index is 3.07. The van der Waals surface area contributed by atoms with E-state index in [-0.39, 0.29) is 0 Å². The van der Waals surface area contributed by atoms with E-state index < -0.39 is 30.4 Å². The molecule has 3 aliphatic heterocycles. The SMILES string of the molecule is CC(C)(C)[Si](C)(C)[Si]12C[Si]([Si](C)(C)C(C)(C)C)(C13C1CC4CC(C1)CC3C4)C21C2CC3CC(C2)CC1C3. The fourth-order valence-corrected chi connectivity index (χ4v) is 110. The van der Waals surface area contributed by atoms with Gasteiger partial charge in [0.15, 0.2) is 0 Å². The predicted octanol–water partition coefficient (Wildman–Crippen LogP) is 10.1. The van der Waals surface area contributed by atoms with Crippen molar-refractivity contribution in [2.45, 2.75) is 157 Å². The summed E-state index contributed by atoms with van der Waals surface area (Å²) in [6.45, 7) is 29.0. The summed E-state index contributed by atoms with van der Waals surface area (Å²) in [7, 11) is -5.77. The first-order chi connectivity index (χ1) is 17.0. The molecule has 8 saturated carbocycles. The Balaban J connectivity index is 1.45. The normalized spacial score (nSPS) is 57.2. The highest BCUT2D eigenvalue weighted by atomic mass is 29.4. The Labute approximate surface area is 233 Å². The van der Waals surface area contributed by atoms with Crippen LogP contribution in [0.3, 0.4) is 0 Å². The van der Waals surface area contributed by atoms with Crippen LogP contribution in [-0.2, 0) is 0 Å². The lowest BCUT2D eigenvalue weighted by atomic mass is 9.54. The van der Waals surface area contributed by atoms with Gasteiger partial charge in [0, 0.05) is 15.2 Å². The van der Waals surface area contributed by atoms with Gasteiger partial charge < -0.3 is 0 Å². The fourth-order valence-electron chi connectivity index (χ4n) is 16.6. The van der Waals surface area contributed by atoms with Crippen LogP contribution in [0.2, 0.25) is 51.3 Å². The molecule has 0 unspecified atom stereocenters. The number of hydrogen-bond donors (Lipinski definition) is 0. The summed E-state index contributed by atoms with van der Waals surface area (Å²) in [6, 6.07) is 0. The first-order valence-corrected chi connectivity index (χ1v) is 29.4. The van der Waals surface area contributed by atoms with Gasteiger partial charge >= 0.3 is 0 Å². The van der Waals surface area contributed by atoms with E-state index in [9.17, 15) is 0 Å². The Morgan fingerprint density at radius 3 is 0.919 bits per heavy atom. The molecule has 0 atom stereocenters. The van der Waals surface area contributed by atoms with Crippen molar-refractivity contribution in [2.75, 3.05) is 0 Å². The summed E-state index contributed by atoms with van der Waals surface area (Å²) in [5.41, 5.74) is 1.98. The molecule has 3 saturated heterocycles. The highest BCUT2D eigenvalue weighted by Gasteiger charge is 3.07. The quantitative estimate of drug-likeness (QED) is 0.291. The van der Waals surface area contributed by atoms with E-state index in [2.05, 4.69) is 67.7 Å². The zero-order valence-corrected chi connectivity index (χ0v) is 30.4. The second kappa shape index (κ2) is 6.74. The molecule has 0 N–H and O–H groups in total. The van der Waals surface area contributed by atoms with Crippen LogP contribution in [0.4, 0.5) is 0 Å². The van der Waals surface area contributed by atoms with Gasteiger partial charge in [0.25, 0.3) is 0 Å². The molecule has 0 aromatic heterocycles. The van der Waals surface area contributed by atoms with Gasteiger partial charge in [-0.05, 0) is 131 Å². The van der Waals surface area contributed by atoms with Crippen molar-refractivity contribution in [2.24, 2.45) is 47.3 Å². The predicted molar refractivity (Wildman–Crippen MR) is 170 cm³/mol. The van der Waals surface area contributed by atoms with Gasteiger partial charge in [-0.15, -0.1) is 0 Å². The van der Waals surface area contributed by atoms with E-state index in [0.29, 0.717) is 10.1 Å². The average Bonchev–Trinajstić information content (AvgIpc) is 2.69. The molecular formula is C33H60Si4. The molecule has 4 heteroatoms. The van der Waals surface area contributed by atoms with Crippen molar-refractivity contribution >= 4 is 30.4 Å². The van der Waals surface area contributed by atoms with Crippen LogP contribution < -0.4 is 0 Å². The third kappa shape index (κ3) is 2.20. The Hall–Kier alpha value is 0.868. The van der Waals surface area contributed by atoms with E-state index in [1.54, 1.807) is 64.2 Å². The zero-order valence-electron chi connectivity index (χ0n) is 26.4. The molecular weight excluding hydrogens is 509 g/mol. The first-order valence-electron chi connectivity index (χ1n) is 17.0. The maximum absolute atomic E-state index is 3.07. The minimum atomic E-state index is -1.45. The van der Waals surface area contributed by atoms with E-state index in [1.807, 2.05) is 5.67 Å². The van der Waals surface area contributed by atoms with Crippen molar-refractivity contribution in [3.63, 3.8) is 0 Å². The van der Waals surface area contributed by atoms with E-state index in [0.717, 1.165) is 33.0 Å². The Kier molecular flexibility index (Phi) is 4.66. The van der Waals surface area contributed by atoms with Crippen LogP contribution in [0.25, 0.3) is 0 Å². The third-order valence-corrected chi connectivity index (χ3v) is 76.6. The molecule has 0 aromatic rings. The van der Waals surface area contributed by atoms with Gasteiger partial charge in [-0.2, -0.15) is 0 Å². The summed E-state index contributed by atoms with van der Waals surface area (Å²) in [5, 5.41) is 1.19. The van der Waals surface area contributed by atoms with Crippen molar-refractivity contribution in [3.05, 3.63) is 0 Å². The second-order valence-corrected chi connectivity index (χ2v) is 51.6. The molecule has 0 aromatic carbocycles. The average molecular weight is 569 g/mol. The summed E-state index contributed by atoms with van der Waals surface area (Å²) in [4.78, 5) is 0. The summed E-state index contributed by atoms with van der Waals surface area (Å²) in [6.07, 6.45) is 17.0. The lowest BCUT2D eigenvalue weighted by Gasteiger charge is -3.06. The number of rotatable bonds is 2. The Morgan fingerprint density at radius 1 is 0.459 bits per heavy atom. The molecule has 0 amide bonds. The lowest BCUT2D eigenvalue weighted by molar-refractivity contribution is -0.0518. The standard InChI is InChI=1S/C33H60Si4/c1-30(2,3)34(7,8)36-21-37(35(9,10)31(4,5)6,32(36)26-13-22-11-23(15-26)16-27(32)14-22)33(36)28-17-24-12-25(19-28)20-29(33)18-24/h22-29H,11-21H2,1-10H3. The monoisotopic (exact) mass is 568 g/mol. The molecule has 10 bridgehead atoms. The van der Waals surface area contributed by atoms with Crippen LogP contribution in [-0.4, -0.2) is 30.4 Å². The highest BCUT2D eigenvalue weighted by Crippen LogP contribution is 3.03. The zero-order chi connectivity index (χ0) is 26.4. The minimum absolute atomic E-state index is 0.594. The van der Waals surface area contributed by atoms with Gasteiger partial charge in [-0.25, -0.2) is 0 Å². The largest absolute Gasteiger partial charge is 0.0709 e. The summed E-state index contributed by atoms with van der Waals surface area (Å²) >= 11 is 0. The Morgan fingerprint density at radius 2 is 0.703 bits per heavy atom. The van der Waals surface area contributed by atoms with Crippen molar-refractivity contribution in [1.82, 2.24) is 0 Å². The topological polar surface area (TPSA) is 0 Å². The summed E-state index contributed by atoms with van der Waals surface area (Å²) < 4.78 is 2.05. The van der Waals surface area contributed by atoms with Crippen LogP contribution >= 0.6 is 0 Å². The minimum Gasteiger partial charge on any atom is -0.0709 e. The van der Waals surface area contributed by atoms with Crippen molar-refractivity contribution in [3.8, 4) is 0 Å². The molecule has 11 aliphatic rings. The Bertz CT molecular complexity index is 888. The maximum Gasteiger partial charge on any atom is 0.0529 e. The molecule has 3 heterocycles. The van der Waals surface area contributed by atoms with Gasteiger partial charge in [-0.3, -0.25) is 0 Å². The van der Waals surface area contributed by atoms with Gasteiger partial charge in [0.1, 0.15) is 0 Å². The van der Waals surface area contributed by atoms with Crippen LogP contribution in [0.15, 0.2) is 0 Å². The third-order valence-electron chi connectivity index (χ3n) is 18.1. The molecule has 11 rings (SSSR count). The van der Waals surface area contributed by atoms with Crippen LogP contribution in [0.1, 0.15) is 106 Å². The molecule has 8 aliphatic carbocycles. The van der Waals surface area contributed by atoms with E-state index in [4.69, 9.17) is 0 Å². The fraction of sp³-hybridized carbons (Fsp3) is 1.00. The molecule has 0 nitrogen and oxygen atoms in total. The molecule has 208 valence electrons. The molecule has 11 fully saturated rings. The molecule has 37 heavy (non-hydrogen) atoms. The van der Waals surface area contributed by atoms with Crippen LogP contribution in [0.5, 0.6) is 0 Å². The smallest absolute Gasteiger partial charge is 0.0529 e. The highest BCUT2D eigenvalue weighted by molar-refractivity contribution is 7.75. The van der Waals surface area contributed by atoms with Crippen molar-refractivity contribution in [1.29, 1.82) is 0 Å². The van der Waals surface area contributed by atoms with Gasteiger partial charge in [0.05, 0.1) is 15.2 Å². The van der Waals surface area contributed by atoms with Crippen LogP contribution in [0, 0.1) is 47.3 Å². The second-order valence-electron chi connectivity index (χ2n) is 20.1. The first kappa shape index (κ1) is 25.6. The van der Waals surface area contributed by atoms with E-state index in [1.165, 1.54) is 23.7 Å². The molecule has 0 radical (unpaired) electrons. The lowest BCUT2D eigenvalue weighted by Crippen LogP contribution is -3.14. The summed E-state index contributed by atoms with van der Waals surface area (Å²) in [5.74, 6) is 9.50. The van der Waals surface area contributed by atoms with Gasteiger partial charge in [-0.1, -0.05) is 73.4 Å². The van der Waals surface area contributed by atoms with E-state index >= 15 is 0 Å². The number of hydrogen-bond acceptors (Lipinski definition) is 0. The van der Waals surface area contributed by atoms with Crippen molar-refractivity contribution < 1.29 is 0 Å². The molecule has 2 spiro atoms. The van der Waals surface area contributed by atoms with Gasteiger partial charge in [0.2, 0.25) is 0 Å².